The van der Waals surface area contributed by atoms with Crippen molar-refractivity contribution in [3.63, 3.8) is 0 Å². The zero-order valence-electron chi connectivity index (χ0n) is 12.3. The largest absolute Gasteiger partial charge is 0.300 e. The van der Waals surface area contributed by atoms with Crippen molar-refractivity contribution < 1.29 is 0 Å². The molecule has 1 saturated heterocycles. The number of nitrogens with one attached hydrogen (secondary N) is 1. The number of rotatable bonds is 8. The Hall–Kier alpha value is -0.590. The fourth-order valence-corrected chi connectivity index (χ4v) is 2.87. The van der Waals surface area contributed by atoms with Crippen LogP contribution >= 0.6 is 0 Å². The Kier molecular flexibility index (Phi) is 6.67. The van der Waals surface area contributed by atoms with E-state index in [1.165, 1.54) is 25.8 Å². The van der Waals surface area contributed by atoms with Gasteiger partial charge < -0.3 is 4.90 Å². The lowest BCUT2D eigenvalue weighted by molar-refractivity contribution is 0.235. The molecule has 0 bridgehead atoms. The molecule has 3 heteroatoms. The molecule has 1 aliphatic rings. The summed E-state index contributed by atoms with van der Waals surface area (Å²) in [5, 5.41) is 12.6. The topological polar surface area (TPSA) is 39.1 Å². The maximum atomic E-state index is 9.28. The molecule has 0 saturated carbocycles. The van der Waals surface area contributed by atoms with E-state index >= 15 is 0 Å². The first-order valence-electron chi connectivity index (χ1n) is 7.55. The van der Waals surface area contributed by atoms with Gasteiger partial charge in [-0.05, 0) is 65.1 Å². The number of nitrogens with zero attached hydrogens (tertiary/aromatic N) is 2. The summed E-state index contributed by atoms with van der Waals surface area (Å²) in [5.41, 5.74) is -0.336. The van der Waals surface area contributed by atoms with Crippen molar-refractivity contribution in [1.29, 1.82) is 5.26 Å². The third kappa shape index (κ3) is 4.59. The highest BCUT2D eigenvalue weighted by Crippen LogP contribution is 2.21. The molecular formula is C15H29N3. The van der Waals surface area contributed by atoms with Crippen LogP contribution in [0.5, 0.6) is 0 Å². The van der Waals surface area contributed by atoms with E-state index in [4.69, 9.17) is 0 Å². The molecule has 0 amide bonds. The van der Waals surface area contributed by atoms with Gasteiger partial charge in [-0.25, -0.2) is 0 Å². The lowest BCUT2D eigenvalue weighted by Crippen LogP contribution is -2.42. The second kappa shape index (κ2) is 7.76. The monoisotopic (exact) mass is 251 g/mol. The number of likely N-dealkylation sites (tertiary alicyclic amines) is 1. The molecule has 18 heavy (non-hydrogen) atoms. The van der Waals surface area contributed by atoms with Crippen molar-refractivity contribution in [2.75, 3.05) is 19.6 Å². The van der Waals surface area contributed by atoms with Crippen LogP contribution < -0.4 is 5.32 Å². The summed E-state index contributed by atoms with van der Waals surface area (Å²) in [4.78, 5) is 2.61. The van der Waals surface area contributed by atoms with Crippen LogP contribution in [0.1, 0.15) is 59.3 Å². The first kappa shape index (κ1) is 15.5. The van der Waals surface area contributed by atoms with Crippen LogP contribution in [0.2, 0.25) is 0 Å². The second-order valence-electron chi connectivity index (χ2n) is 5.71. The molecule has 2 atom stereocenters. The minimum absolute atomic E-state index is 0.336. The smallest absolute Gasteiger partial charge is 0.103 e. The zero-order chi connectivity index (χ0) is 13.4. The van der Waals surface area contributed by atoms with E-state index in [0.717, 1.165) is 38.4 Å². The highest BCUT2D eigenvalue weighted by atomic mass is 15.2. The summed E-state index contributed by atoms with van der Waals surface area (Å²) < 4.78 is 0. The molecule has 2 unspecified atom stereocenters. The van der Waals surface area contributed by atoms with Crippen molar-refractivity contribution in [3.8, 4) is 6.07 Å². The van der Waals surface area contributed by atoms with E-state index in [1.807, 2.05) is 6.92 Å². The fourth-order valence-electron chi connectivity index (χ4n) is 2.87. The minimum atomic E-state index is -0.336. The van der Waals surface area contributed by atoms with Crippen LogP contribution in [0, 0.1) is 11.3 Å². The molecule has 0 aromatic carbocycles. The molecule has 0 radical (unpaired) electrons. The predicted molar refractivity (Wildman–Crippen MR) is 76.4 cm³/mol. The van der Waals surface area contributed by atoms with Crippen LogP contribution in [0.3, 0.4) is 0 Å². The van der Waals surface area contributed by atoms with Crippen molar-refractivity contribution >= 4 is 0 Å². The molecule has 104 valence electrons. The number of hydrogen-bond donors (Lipinski definition) is 1. The summed E-state index contributed by atoms with van der Waals surface area (Å²) in [6.45, 7) is 9.80. The van der Waals surface area contributed by atoms with Crippen molar-refractivity contribution in [2.24, 2.45) is 0 Å². The van der Waals surface area contributed by atoms with Gasteiger partial charge in [-0.3, -0.25) is 5.32 Å². The van der Waals surface area contributed by atoms with E-state index in [2.05, 4.69) is 30.1 Å². The quantitative estimate of drug-likeness (QED) is 0.721. The van der Waals surface area contributed by atoms with Gasteiger partial charge in [0.2, 0.25) is 0 Å². The normalized spacial score (nSPS) is 23.8. The summed E-state index contributed by atoms with van der Waals surface area (Å²) in [6.07, 6.45) is 7.14. The van der Waals surface area contributed by atoms with Crippen LogP contribution in [-0.2, 0) is 0 Å². The maximum Gasteiger partial charge on any atom is 0.103 e. The average molecular weight is 251 g/mol. The molecule has 3 nitrogen and oxygen atoms in total. The van der Waals surface area contributed by atoms with Crippen molar-refractivity contribution in [1.82, 2.24) is 10.2 Å². The number of nitriles is 1. The molecule has 0 aliphatic carbocycles. The maximum absolute atomic E-state index is 9.28. The third-order valence-corrected chi connectivity index (χ3v) is 4.10. The molecule has 0 aromatic heterocycles. The van der Waals surface area contributed by atoms with E-state index in [0.29, 0.717) is 0 Å². The van der Waals surface area contributed by atoms with Crippen LogP contribution in [-0.4, -0.2) is 36.1 Å². The summed E-state index contributed by atoms with van der Waals surface area (Å²) in [7, 11) is 0. The van der Waals surface area contributed by atoms with Gasteiger partial charge in [0.15, 0.2) is 0 Å². The van der Waals surface area contributed by atoms with Gasteiger partial charge in [0, 0.05) is 6.04 Å². The third-order valence-electron chi connectivity index (χ3n) is 4.10. The summed E-state index contributed by atoms with van der Waals surface area (Å²) >= 11 is 0. The van der Waals surface area contributed by atoms with Crippen molar-refractivity contribution in [2.45, 2.75) is 70.9 Å². The Morgan fingerprint density at radius 2 is 2.22 bits per heavy atom. The number of hydrogen-bond acceptors (Lipinski definition) is 3. The van der Waals surface area contributed by atoms with Gasteiger partial charge in [0.1, 0.15) is 5.54 Å². The van der Waals surface area contributed by atoms with Gasteiger partial charge in [-0.15, -0.1) is 0 Å². The van der Waals surface area contributed by atoms with Crippen LogP contribution in [0.15, 0.2) is 0 Å². The van der Waals surface area contributed by atoms with Gasteiger partial charge in [0.25, 0.3) is 0 Å². The average Bonchev–Trinajstić information content (AvgIpc) is 2.84. The van der Waals surface area contributed by atoms with Gasteiger partial charge in [-0.1, -0.05) is 13.8 Å². The Labute approximate surface area is 113 Å². The molecule has 1 fully saturated rings. The zero-order valence-corrected chi connectivity index (χ0v) is 12.3. The Morgan fingerprint density at radius 1 is 1.44 bits per heavy atom. The molecule has 1 heterocycles. The first-order chi connectivity index (χ1) is 8.65. The molecule has 1 rings (SSSR count). The van der Waals surface area contributed by atoms with E-state index in [9.17, 15) is 5.26 Å². The van der Waals surface area contributed by atoms with Gasteiger partial charge in [-0.2, -0.15) is 5.26 Å². The Bertz CT molecular complexity index is 271. The highest BCUT2D eigenvalue weighted by molar-refractivity contribution is 5.03. The standard InChI is InChI=1S/C15H29N3/c1-4-10-17-15(3,13-16)9-7-12-18-11-6-8-14(18)5-2/h14,17H,4-12H2,1-3H3. The summed E-state index contributed by atoms with van der Waals surface area (Å²) in [6, 6.07) is 3.23. The van der Waals surface area contributed by atoms with Gasteiger partial charge in [0.05, 0.1) is 6.07 Å². The van der Waals surface area contributed by atoms with Gasteiger partial charge >= 0.3 is 0 Å². The second-order valence-corrected chi connectivity index (χ2v) is 5.71. The van der Waals surface area contributed by atoms with Crippen LogP contribution in [0.4, 0.5) is 0 Å². The minimum Gasteiger partial charge on any atom is -0.300 e. The molecule has 1 N–H and O–H groups in total. The lowest BCUT2D eigenvalue weighted by Gasteiger charge is -2.27. The Balaban J connectivity index is 2.29. The van der Waals surface area contributed by atoms with E-state index < -0.39 is 0 Å². The van der Waals surface area contributed by atoms with E-state index in [-0.39, 0.29) is 5.54 Å². The van der Waals surface area contributed by atoms with E-state index in [1.54, 1.807) is 0 Å². The highest BCUT2D eigenvalue weighted by Gasteiger charge is 2.25. The van der Waals surface area contributed by atoms with Crippen LogP contribution in [0.25, 0.3) is 0 Å². The summed E-state index contributed by atoms with van der Waals surface area (Å²) in [5.74, 6) is 0. The lowest BCUT2D eigenvalue weighted by atomic mass is 9.97. The first-order valence-corrected chi connectivity index (χ1v) is 7.55. The van der Waals surface area contributed by atoms with Crippen molar-refractivity contribution in [3.05, 3.63) is 0 Å². The predicted octanol–water partition coefficient (Wildman–Crippen LogP) is 2.92. The fraction of sp³-hybridized carbons (Fsp3) is 0.933. The SMILES string of the molecule is CCCNC(C)(C#N)CCCN1CCCC1CC. The molecule has 0 aromatic rings. The Morgan fingerprint density at radius 3 is 2.83 bits per heavy atom. The molecule has 0 spiro atoms. The molecule has 1 aliphatic heterocycles. The molecular weight excluding hydrogens is 222 g/mol.